The maximum atomic E-state index is 11.7. The van der Waals surface area contributed by atoms with Gasteiger partial charge in [0.15, 0.2) is 0 Å². The molecule has 4 aliphatic rings. The van der Waals surface area contributed by atoms with Gasteiger partial charge in [0.2, 0.25) is 0 Å². The zero-order chi connectivity index (χ0) is 28.5. The van der Waals surface area contributed by atoms with Crippen LogP contribution in [0.4, 0.5) is 0 Å². The van der Waals surface area contributed by atoms with Crippen molar-refractivity contribution in [2.24, 2.45) is 51.8 Å². The molecular formula is C29H52O8S. The highest BCUT2D eigenvalue weighted by molar-refractivity contribution is 7.80. The molecule has 9 heteroatoms. The Labute approximate surface area is 229 Å². The van der Waals surface area contributed by atoms with Crippen molar-refractivity contribution in [2.45, 2.75) is 123 Å². The van der Waals surface area contributed by atoms with Crippen LogP contribution in [0.1, 0.15) is 99.3 Å². The minimum Gasteiger partial charge on any atom is -0.393 e. The highest BCUT2D eigenvalue weighted by Gasteiger charge is 2.68. The molecule has 12 unspecified atom stereocenters. The minimum absolute atomic E-state index is 0.0518. The number of hydrogen-bond acceptors (Lipinski definition) is 7. The second-order valence-electron chi connectivity index (χ2n) is 14.8. The first kappa shape index (κ1) is 30.7. The Bertz CT molecular complexity index is 972. The summed E-state index contributed by atoms with van der Waals surface area (Å²) in [6, 6.07) is 0. The molecule has 5 N–H and O–H groups in total. The molecule has 222 valence electrons. The Kier molecular flexibility index (Phi) is 8.24. The van der Waals surface area contributed by atoms with Crippen LogP contribution in [0.15, 0.2) is 0 Å². The van der Waals surface area contributed by atoms with Crippen LogP contribution in [-0.4, -0.2) is 63.9 Å². The SMILES string of the molecule is CC(CCC(C)(COS(=O)(=O)O)C(C)C)C1CC(O)C2C3CC(O)C4(O)CC(O)CCC4(C)C3CCC12C. The van der Waals surface area contributed by atoms with Gasteiger partial charge in [0.05, 0.1) is 30.5 Å². The lowest BCUT2D eigenvalue weighted by Gasteiger charge is -2.65. The molecule has 4 aliphatic carbocycles. The molecule has 0 amide bonds. The molecule has 8 nitrogen and oxygen atoms in total. The topological polar surface area (TPSA) is 145 Å². The third-order valence-corrected chi connectivity index (χ3v) is 13.1. The van der Waals surface area contributed by atoms with E-state index in [2.05, 4.69) is 20.8 Å². The second kappa shape index (κ2) is 10.2. The first-order chi connectivity index (χ1) is 17.4. The molecule has 0 heterocycles. The van der Waals surface area contributed by atoms with Crippen molar-refractivity contribution < 1.29 is 37.6 Å². The van der Waals surface area contributed by atoms with Gasteiger partial charge in [-0.1, -0.05) is 41.5 Å². The zero-order valence-electron chi connectivity index (χ0n) is 24.1. The quantitative estimate of drug-likeness (QED) is 0.281. The van der Waals surface area contributed by atoms with Crippen LogP contribution in [0.3, 0.4) is 0 Å². The third-order valence-electron chi connectivity index (χ3n) is 12.7. The number of fused-ring (bicyclic) bond motifs is 5. The Balaban J connectivity index is 1.52. The Morgan fingerprint density at radius 2 is 1.71 bits per heavy atom. The third kappa shape index (κ3) is 5.01. The maximum Gasteiger partial charge on any atom is 0.397 e. The molecule has 4 rings (SSSR count). The van der Waals surface area contributed by atoms with Crippen molar-refractivity contribution in [1.29, 1.82) is 0 Å². The van der Waals surface area contributed by atoms with E-state index in [9.17, 15) is 28.8 Å². The number of hydrogen-bond donors (Lipinski definition) is 5. The van der Waals surface area contributed by atoms with E-state index < -0.39 is 45.1 Å². The van der Waals surface area contributed by atoms with Crippen molar-refractivity contribution in [1.82, 2.24) is 0 Å². The van der Waals surface area contributed by atoms with E-state index in [4.69, 9.17) is 8.74 Å². The van der Waals surface area contributed by atoms with Crippen LogP contribution in [0, 0.1) is 51.8 Å². The van der Waals surface area contributed by atoms with E-state index >= 15 is 0 Å². The summed E-state index contributed by atoms with van der Waals surface area (Å²) in [5.41, 5.74) is -2.27. The lowest BCUT2D eigenvalue weighted by Crippen LogP contribution is -2.69. The average Bonchev–Trinajstić information content (AvgIpc) is 3.08. The summed E-state index contributed by atoms with van der Waals surface area (Å²) in [7, 11) is -4.50. The monoisotopic (exact) mass is 560 g/mol. The normalized spacial score (nSPS) is 47.6. The van der Waals surface area contributed by atoms with Crippen molar-refractivity contribution >= 4 is 10.4 Å². The molecule has 0 spiro atoms. The van der Waals surface area contributed by atoms with Gasteiger partial charge in [0.1, 0.15) is 0 Å². The van der Waals surface area contributed by atoms with E-state index in [0.29, 0.717) is 37.5 Å². The highest BCUT2D eigenvalue weighted by atomic mass is 32.3. The fourth-order valence-electron chi connectivity index (χ4n) is 9.75. The standard InChI is InChI=1S/C29H52O8S/c1-17(2)26(4,16-37-38(34,35)36)10-7-18(3)22-14-23(31)25-20-13-24(32)29(33)15-19(30)8-12-28(29,6)21(20)9-11-27(22,25)5/h17-25,30-33H,7-16H2,1-6H3,(H,34,35,36). The lowest BCUT2D eigenvalue weighted by atomic mass is 9.42. The molecule has 0 aromatic heterocycles. The van der Waals surface area contributed by atoms with E-state index in [1.807, 2.05) is 20.8 Å². The highest BCUT2D eigenvalue weighted by Crippen LogP contribution is 2.69. The molecule has 4 fully saturated rings. The maximum absolute atomic E-state index is 11.7. The molecular weight excluding hydrogens is 508 g/mol. The molecule has 0 aliphatic heterocycles. The van der Waals surface area contributed by atoms with E-state index in [1.54, 1.807) is 0 Å². The summed E-state index contributed by atoms with van der Waals surface area (Å²) >= 11 is 0. The van der Waals surface area contributed by atoms with Crippen LogP contribution in [0.25, 0.3) is 0 Å². The van der Waals surface area contributed by atoms with Crippen molar-refractivity contribution in [3.05, 3.63) is 0 Å². The van der Waals surface area contributed by atoms with Crippen LogP contribution in [0.5, 0.6) is 0 Å². The Morgan fingerprint density at radius 1 is 1.05 bits per heavy atom. The summed E-state index contributed by atoms with van der Waals surface area (Å²) in [5, 5.41) is 44.8. The Hall–Kier alpha value is -0.290. The fourth-order valence-corrected chi connectivity index (χ4v) is 10.2. The van der Waals surface area contributed by atoms with Crippen molar-refractivity contribution in [3.63, 3.8) is 0 Å². The molecule has 0 saturated heterocycles. The number of aliphatic hydroxyl groups is 4. The summed E-state index contributed by atoms with van der Waals surface area (Å²) in [5.74, 6) is 1.12. The van der Waals surface area contributed by atoms with Crippen LogP contribution >= 0.6 is 0 Å². The molecule has 0 aromatic carbocycles. The predicted octanol–water partition coefficient (Wildman–Crippen LogP) is 3.96. The van der Waals surface area contributed by atoms with E-state index in [1.165, 1.54) is 0 Å². The van der Waals surface area contributed by atoms with Gasteiger partial charge >= 0.3 is 10.4 Å². The largest absolute Gasteiger partial charge is 0.397 e. The number of rotatable bonds is 8. The molecule has 38 heavy (non-hydrogen) atoms. The number of aliphatic hydroxyl groups excluding tert-OH is 3. The first-order valence-corrected chi connectivity index (χ1v) is 16.1. The van der Waals surface area contributed by atoms with Crippen LogP contribution < -0.4 is 0 Å². The average molecular weight is 561 g/mol. The summed E-state index contributed by atoms with van der Waals surface area (Å²) in [6.07, 6.45) is 4.24. The molecule has 4 saturated carbocycles. The fraction of sp³-hybridized carbons (Fsp3) is 1.00. The predicted molar refractivity (Wildman–Crippen MR) is 144 cm³/mol. The van der Waals surface area contributed by atoms with Gasteiger partial charge in [0, 0.05) is 11.8 Å². The van der Waals surface area contributed by atoms with Crippen LogP contribution in [0.2, 0.25) is 0 Å². The van der Waals surface area contributed by atoms with E-state index in [-0.39, 0.29) is 42.1 Å². The van der Waals surface area contributed by atoms with Gasteiger partial charge in [-0.3, -0.25) is 4.55 Å². The van der Waals surface area contributed by atoms with Gasteiger partial charge in [-0.25, -0.2) is 4.18 Å². The summed E-state index contributed by atoms with van der Waals surface area (Å²) in [6.45, 7) is 12.7. The zero-order valence-corrected chi connectivity index (χ0v) is 25.0. The van der Waals surface area contributed by atoms with Crippen LogP contribution in [-0.2, 0) is 14.6 Å². The van der Waals surface area contributed by atoms with Gasteiger partial charge in [-0.05, 0) is 97.7 Å². The summed E-state index contributed by atoms with van der Waals surface area (Å²) < 4.78 is 36.4. The van der Waals surface area contributed by atoms with Crippen molar-refractivity contribution in [2.75, 3.05) is 6.61 Å². The summed E-state index contributed by atoms with van der Waals surface area (Å²) in [4.78, 5) is 0. The second-order valence-corrected chi connectivity index (χ2v) is 15.8. The first-order valence-electron chi connectivity index (χ1n) is 14.8. The molecule has 0 radical (unpaired) electrons. The Morgan fingerprint density at radius 3 is 2.32 bits per heavy atom. The van der Waals surface area contributed by atoms with E-state index in [0.717, 1.165) is 25.7 Å². The molecule has 12 atom stereocenters. The van der Waals surface area contributed by atoms with Gasteiger partial charge in [-0.2, -0.15) is 8.42 Å². The van der Waals surface area contributed by atoms with Gasteiger partial charge < -0.3 is 20.4 Å². The van der Waals surface area contributed by atoms with Gasteiger partial charge in [0.25, 0.3) is 0 Å². The molecule has 0 bridgehead atoms. The molecule has 0 aromatic rings. The van der Waals surface area contributed by atoms with Crippen molar-refractivity contribution in [3.8, 4) is 0 Å². The van der Waals surface area contributed by atoms with Gasteiger partial charge in [-0.15, -0.1) is 0 Å². The smallest absolute Gasteiger partial charge is 0.393 e. The minimum atomic E-state index is -4.50. The lowest BCUT2D eigenvalue weighted by molar-refractivity contribution is -0.268.